The number of rotatable bonds is 2. The van der Waals surface area contributed by atoms with Crippen molar-refractivity contribution in [2.45, 2.75) is 12.1 Å². The molecule has 0 saturated heterocycles. The van der Waals surface area contributed by atoms with Crippen LogP contribution in [-0.2, 0) is 9.05 Å². The van der Waals surface area contributed by atoms with Crippen molar-refractivity contribution in [3.05, 3.63) is 28.2 Å². The van der Waals surface area contributed by atoms with Crippen LogP contribution in [0.1, 0.15) is 5.56 Å². The summed E-state index contributed by atoms with van der Waals surface area (Å²) in [4.78, 5) is 3.84. The molecule has 0 radical (unpaired) electrons. The number of aromatic amines is 1. The van der Waals surface area contributed by atoms with Crippen molar-refractivity contribution in [2.24, 2.45) is 0 Å². The number of hydrogen-bond donors (Lipinski definition) is 1. The van der Waals surface area contributed by atoms with E-state index in [1.54, 1.807) is 0 Å². The van der Waals surface area contributed by atoms with Crippen LogP contribution < -0.4 is 0 Å². The molecule has 0 saturated carbocycles. The molecule has 1 aromatic heterocycles. The molecule has 1 heterocycles. The number of aromatic nitrogens is 3. The van der Waals surface area contributed by atoms with Crippen LogP contribution in [0, 0.1) is 6.92 Å². The third-order valence-corrected chi connectivity index (χ3v) is 3.83. The average Bonchev–Trinajstić information content (AvgIpc) is 2.70. The highest BCUT2D eigenvalue weighted by atomic mass is 79.9. The maximum absolute atomic E-state index is 11.0. The maximum Gasteiger partial charge on any atom is 0.296 e. The van der Waals surface area contributed by atoms with Gasteiger partial charge in [-0.15, -0.1) is 0 Å². The number of H-pyrrole nitrogens is 1. The van der Waals surface area contributed by atoms with Gasteiger partial charge in [-0.3, -0.25) is 0 Å². The van der Waals surface area contributed by atoms with E-state index in [1.807, 2.05) is 25.1 Å². The van der Waals surface area contributed by atoms with Crippen molar-refractivity contribution in [1.82, 2.24) is 15.2 Å². The first kappa shape index (κ1) is 12.5. The Kier molecular flexibility index (Phi) is 3.24. The molecule has 0 fully saturated rings. The van der Waals surface area contributed by atoms with Crippen molar-refractivity contribution >= 4 is 35.7 Å². The standard InChI is InChI=1S/C9H7BrClN3O2S/c1-5-2-3-7(10)6(4-5)8-12-9(14-13-8)17(11,15)16/h2-4H,1H3,(H,12,13,14). The minimum absolute atomic E-state index is 0.278. The van der Waals surface area contributed by atoms with E-state index < -0.39 is 9.05 Å². The van der Waals surface area contributed by atoms with Gasteiger partial charge in [-0.2, -0.15) is 10.1 Å². The second-order valence-electron chi connectivity index (χ2n) is 3.39. The largest absolute Gasteiger partial charge is 0.296 e. The van der Waals surface area contributed by atoms with E-state index in [1.165, 1.54) is 0 Å². The van der Waals surface area contributed by atoms with Crippen molar-refractivity contribution in [2.75, 3.05) is 0 Å². The SMILES string of the molecule is Cc1ccc(Br)c(-c2n[nH]c(S(=O)(=O)Cl)n2)c1. The smallest absolute Gasteiger partial charge is 0.248 e. The molecule has 1 N–H and O–H groups in total. The number of nitrogens with one attached hydrogen (secondary N) is 1. The summed E-state index contributed by atoms with van der Waals surface area (Å²) in [6.45, 7) is 1.92. The lowest BCUT2D eigenvalue weighted by molar-refractivity contribution is 0.602. The van der Waals surface area contributed by atoms with E-state index in [0.29, 0.717) is 5.56 Å². The van der Waals surface area contributed by atoms with Crippen LogP contribution in [-0.4, -0.2) is 23.6 Å². The fraction of sp³-hybridized carbons (Fsp3) is 0.111. The second-order valence-corrected chi connectivity index (χ2v) is 6.72. The van der Waals surface area contributed by atoms with Gasteiger partial charge >= 0.3 is 0 Å². The second kappa shape index (κ2) is 4.40. The molecule has 2 aromatic rings. The van der Waals surface area contributed by atoms with Gasteiger partial charge in [0.2, 0.25) is 0 Å². The fourth-order valence-corrected chi connectivity index (χ4v) is 2.27. The monoisotopic (exact) mass is 335 g/mol. The van der Waals surface area contributed by atoms with E-state index >= 15 is 0 Å². The lowest BCUT2D eigenvalue weighted by Crippen LogP contribution is -1.93. The molecule has 17 heavy (non-hydrogen) atoms. The van der Waals surface area contributed by atoms with Crippen molar-refractivity contribution in [3.63, 3.8) is 0 Å². The summed E-state index contributed by atoms with van der Waals surface area (Å²) in [5.41, 5.74) is 1.72. The predicted octanol–water partition coefficient (Wildman–Crippen LogP) is 2.47. The molecular weight excluding hydrogens is 330 g/mol. The summed E-state index contributed by atoms with van der Waals surface area (Å²) >= 11 is 3.35. The molecule has 0 unspecified atom stereocenters. The van der Waals surface area contributed by atoms with E-state index in [9.17, 15) is 8.42 Å². The van der Waals surface area contributed by atoms with Gasteiger partial charge in [0.25, 0.3) is 14.2 Å². The van der Waals surface area contributed by atoms with Gasteiger partial charge in [0.1, 0.15) is 0 Å². The number of aryl methyl sites for hydroxylation is 1. The Bertz CT molecular complexity index is 669. The van der Waals surface area contributed by atoms with Crippen molar-refractivity contribution in [3.8, 4) is 11.4 Å². The normalized spacial score (nSPS) is 11.7. The van der Waals surface area contributed by atoms with Crippen LogP contribution in [0.3, 0.4) is 0 Å². The molecule has 0 spiro atoms. The lowest BCUT2D eigenvalue weighted by atomic mass is 10.1. The maximum atomic E-state index is 11.0. The van der Waals surface area contributed by atoms with Crippen LogP contribution in [0.25, 0.3) is 11.4 Å². The fourth-order valence-electron chi connectivity index (χ4n) is 1.29. The quantitative estimate of drug-likeness (QED) is 0.855. The molecular formula is C9H7BrClN3O2S. The summed E-state index contributed by atoms with van der Waals surface area (Å²) in [6, 6.07) is 5.60. The van der Waals surface area contributed by atoms with Crippen LogP contribution in [0.4, 0.5) is 0 Å². The van der Waals surface area contributed by atoms with Crippen LogP contribution in [0.5, 0.6) is 0 Å². The zero-order valence-electron chi connectivity index (χ0n) is 8.61. The molecule has 0 aliphatic carbocycles. The van der Waals surface area contributed by atoms with E-state index in [2.05, 4.69) is 31.1 Å². The van der Waals surface area contributed by atoms with Crippen molar-refractivity contribution in [1.29, 1.82) is 0 Å². The van der Waals surface area contributed by atoms with Crippen LogP contribution in [0.2, 0.25) is 0 Å². The van der Waals surface area contributed by atoms with E-state index in [-0.39, 0.29) is 11.0 Å². The van der Waals surface area contributed by atoms with Crippen molar-refractivity contribution < 1.29 is 8.42 Å². The van der Waals surface area contributed by atoms with Gasteiger partial charge in [-0.1, -0.05) is 27.6 Å². The van der Waals surface area contributed by atoms with Gasteiger partial charge in [-0.25, -0.2) is 13.5 Å². The molecule has 0 bridgehead atoms. The lowest BCUT2D eigenvalue weighted by Gasteiger charge is -2.00. The Morgan fingerprint density at radius 3 is 2.71 bits per heavy atom. The molecule has 0 amide bonds. The molecule has 1 aromatic carbocycles. The number of nitrogens with zero attached hydrogens (tertiary/aromatic N) is 2. The van der Waals surface area contributed by atoms with Crippen LogP contribution >= 0.6 is 26.6 Å². The van der Waals surface area contributed by atoms with Gasteiger partial charge in [0.05, 0.1) is 0 Å². The average molecular weight is 337 g/mol. The highest BCUT2D eigenvalue weighted by Gasteiger charge is 2.17. The summed E-state index contributed by atoms with van der Waals surface area (Å²) in [7, 11) is 1.27. The summed E-state index contributed by atoms with van der Waals surface area (Å²) in [5.74, 6) is 0.278. The molecule has 0 aliphatic rings. The minimum Gasteiger partial charge on any atom is -0.248 e. The van der Waals surface area contributed by atoms with Gasteiger partial charge in [0.15, 0.2) is 5.82 Å². The Balaban J connectivity index is 2.55. The number of hydrogen-bond acceptors (Lipinski definition) is 4. The van der Waals surface area contributed by atoms with E-state index in [4.69, 9.17) is 10.7 Å². The zero-order chi connectivity index (χ0) is 12.6. The molecule has 5 nitrogen and oxygen atoms in total. The predicted molar refractivity (Wildman–Crippen MR) is 67.3 cm³/mol. The topological polar surface area (TPSA) is 75.7 Å². The molecule has 90 valence electrons. The van der Waals surface area contributed by atoms with Gasteiger partial charge < -0.3 is 0 Å². The third-order valence-electron chi connectivity index (χ3n) is 2.06. The molecule has 8 heteroatoms. The Labute approximate surface area is 111 Å². The number of benzene rings is 1. The molecule has 0 atom stereocenters. The van der Waals surface area contributed by atoms with E-state index in [0.717, 1.165) is 10.0 Å². The summed E-state index contributed by atoms with van der Waals surface area (Å²) in [6.07, 6.45) is 0. The first-order valence-corrected chi connectivity index (χ1v) is 7.62. The molecule has 2 rings (SSSR count). The van der Waals surface area contributed by atoms with Gasteiger partial charge in [-0.05, 0) is 19.1 Å². The Hall–Kier alpha value is -0.920. The highest BCUT2D eigenvalue weighted by Crippen LogP contribution is 2.27. The molecule has 0 aliphatic heterocycles. The number of halogens is 2. The van der Waals surface area contributed by atoms with Gasteiger partial charge in [0, 0.05) is 20.7 Å². The van der Waals surface area contributed by atoms with Crippen LogP contribution in [0.15, 0.2) is 27.8 Å². The summed E-state index contributed by atoms with van der Waals surface area (Å²) in [5, 5.41) is 5.76. The first-order chi connectivity index (χ1) is 7.88. The highest BCUT2D eigenvalue weighted by molar-refractivity contribution is 9.10. The Morgan fingerprint density at radius 2 is 2.12 bits per heavy atom. The Morgan fingerprint density at radius 1 is 1.41 bits per heavy atom. The first-order valence-electron chi connectivity index (χ1n) is 4.51. The zero-order valence-corrected chi connectivity index (χ0v) is 11.8. The minimum atomic E-state index is -3.89. The summed E-state index contributed by atoms with van der Waals surface area (Å²) < 4.78 is 22.9. The third kappa shape index (κ3) is 2.67.